The summed E-state index contributed by atoms with van der Waals surface area (Å²) in [6.45, 7) is 4.98. The van der Waals surface area contributed by atoms with Gasteiger partial charge in [0.05, 0.1) is 12.8 Å². The molecule has 1 atom stereocenters. The number of carbonyl (C=O) groups is 2. The van der Waals surface area contributed by atoms with E-state index in [1.165, 1.54) is 18.3 Å². The van der Waals surface area contributed by atoms with Crippen molar-refractivity contribution in [3.63, 3.8) is 0 Å². The van der Waals surface area contributed by atoms with Gasteiger partial charge in [-0.1, -0.05) is 11.6 Å². The molecule has 0 unspecified atom stereocenters. The van der Waals surface area contributed by atoms with Crippen LogP contribution in [0.1, 0.15) is 19.4 Å². The fourth-order valence-corrected chi connectivity index (χ4v) is 2.77. The number of nitrogens with zero attached hydrogens (tertiary/aromatic N) is 1. The molecule has 0 bridgehead atoms. The first kappa shape index (κ1) is 17.0. The number of hydrogen-bond acceptors (Lipinski definition) is 5. The highest BCUT2D eigenvalue weighted by Gasteiger charge is 2.16. The molecule has 1 aromatic heterocycles. The smallest absolute Gasteiger partial charge is 0.248 e. The number of rotatable bonds is 5. The molecule has 0 aliphatic rings. The van der Waals surface area contributed by atoms with Gasteiger partial charge < -0.3 is 15.4 Å². The third kappa shape index (κ3) is 4.29. The summed E-state index contributed by atoms with van der Waals surface area (Å²) < 4.78 is 5.36. The lowest BCUT2D eigenvalue weighted by Gasteiger charge is -2.11. The van der Waals surface area contributed by atoms with E-state index in [1.54, 1.807) is 14.0 Å². The maximum atomic E-state index is 12.0. The second kappa shape index (κ2) is 7.23. The van der Waals surface area contributed by atoms with E-state index in [1.807, 2.05) is 30.5 Å². The number of thiazole rings is 1. The molecule has 1 heterocycles. The maximum absolute atomic E-state index is 12.0. The Kier molecular flexibility index (Phi) is 5.33. The van der Waals surface area contributed by atoms with Gasteiger partial charge in [0, 0.05) is 17.9 Å². The highest BCUT2D eigenvalue weighted by molar-refractivity contribution is 7.14. The number of amides is 2. The van der Waals surface area contributed by atoms with E-state index < -0.39 is 6.04 Å². The van der Waals surface area contributed by atoms with Gasteiger partial charge in [0.15, 0.2) is 5.13 Å². The van der Waals surface area contributed by atoms with Gasteiger partial charge >= 0.3 is 0 Å². The van der Waals surface area contributed by atoms with Crippen molar-refractivity contribution in [2.75, 3.05) is 12.4 Å². The van der Waals surface area contributed by atoms with Gasteiger partial charge in [-0.05, 0) is 26.0 Å². The van der Waals surface area contributed by atoms with E-state index in [4.69, 9.17) is 4.74 Å². The molecule has 7 heteroatoms. The first-order valence-corrected chi connectivity index (χ1v) is 7.97. The van der Waals surface area contributed by atoms with E-state index in [0.717, 1.165) is 22.6 Å². The molecule has 0 saturated carbocycles. The van der Waals surface area contributed by atoms with Crippen molar-refractivity contribution < 1.29 is 14.3 Å². The predicted molar refractivity (Wildman–Crippen MR) is 90.7 cm³/mol. The Bertz CT molecular complexity index is 727. The minimum absolute atomic E-state index is 0.253. The predicted octanol–water partition coefficient (Wildman–Crippen LogP) is 2.59. The summed E-state index contributed by atoms with van der Waals surface area (Å²) in [5, 5.41) is 7.57. The van der Waals surface area contributed by atoms with Gasteiger partial charge in [-0.25, -0.2) is 4.98 Å². The zero-order valence-electron chi connectivity index (χ0n) is 13.5. The number of anilines is 1. The summed E-state index contributed by atoms with van der Waals surface area (Å²) in [6, 6.07) is 5.22. The SMILES string of the molecule is COc1ccc(C)cc1-c1csc(NC(=O)[C@H](C)NC(C)=O)n1. The van der Waals surface area contributed by atoms with Crippen LogP contribution in [0.5, 0.6) is 5.75 Å². The Hall–Kier alpha value is -2.41. The van der Waals surface area contributed by atoms with Gasteiger partial charge in [0.25, 0.3) is 0 Å². The fraction of sp³-hybridized carbons (Fsp3) is 0.312. The van der Waals surface area contributed by atoms with Gasteiger partial charge in [0.1, 0.15) is 11.8 Å². The Balaban J connectivity index is 2.17. The number of ether oxygens (including phenoxy) is 1. The molecule has 2 rings (SSSR count). The van der Waals surface area contributed by atoms with Crippen LogP contribution in [0.25, 0.3) is 11.3 Å². The second-order valence-corrected chi connectivity index (χ2v) is 6.01. The molecule has 0 aliphatic heterocycles. The quantitative estimate of drug-likeness (QED) is 0.881. The lowest BCUT2D eigenvalue weighted by atomic mass is 10.1. The molecule has 2 aromatic rings. The lowest BCUT2D eigenvalue weighted by Crippen LogP contribution is -2.40. The van der Waals surface area contributed by atoms with E-state index in [2.05, 4.69) is 15.6 Å². The molecule has 6 nitrogen and oxygen atoms in total. The summed E-state index contributed by atoms with van der Waals surface area (Å²) in [6.07, 6.45) is 0. The van der Waals surface area contributed by atoms with Gasteiger partial charge in [0.2, 0.25) is 11.8 Å². The van der Waals surface area contributed by atoms with Crippen LogP contribution in [-0.2, 0) is 9.59 Å². The Labute approximate surface area is 138 Å². The summed E-state index contributed by atoms with van der Waals surface area (Å²) >= 11 is 1.32. The van der Waals surface area contributed by atoms with Crippen LogP contribution < -0.4 is 15.4 Å². The van der Waals surface area contributed by atoms with Gasteiger partial charge in [-0.15, -0.1) is 11.3 Å². The number of carbonyl (C=O) groups excluding carboxylic acids is 2. The van der Waals surface area contributed by atoms with E-state index in [0.29, 0.717) is 5.13 Å². The molecule has 0 aliphatic carbocycles. The van der Waals surface area contributed by atoms with Gasteiger partial charge in [-0.2, -0.15) is 0 Å². The number of methoxy groups -OCH3 is 1. The standard InChI is InChI=1S/C16H19N3O3S/c1-9-5-6-14(22-4)12(7-9)13-8-23-16(18-13)19-15(21)10(2)17-11(3)20/h5-8,10H,1-4H3,(H,17,20)(H,18,19,21)/t10-/m0/s1. The highest BCUT2D eigenvalue weighted by atomic mass is 32.1. The summed E-state index contributed by atoms with van der Waals surface area (Å²) in [5.74, 6) is 0.166. The number of aryl methyl sites for hydroxylation is 1. The third-order valence-corrected chi connectivity index (χ3v) is 3.94. The van der Waals surface area contributed by atoms with Crippen LogP contribution >= 0.6 is 11.3 Å². The van der Waals surface area contributed by atoms with E-state index in [9.17, 15) is 9.59 Å². The van der Waals surface area contributed by atoms with Crippen LogP contribution in [0.15, 0.2) is 23.6 Å². The summed E-state index contributed by atoms with van der Waals surface area (Å²) in [7, 11) is 1.61. The van der Waals surface area contributed by atoms with Crippen molar-refractivity contribution in [3.8, 4) is 17.0 Å². The van der Waals surface area contributed by atoms with Gasteiger partial charge in [-0.3, -0.25) is 9.59 Å². The van der Waals surface area contributed by atoms with Crippen molar-refractivity contribution in [3.05, 3.63) is 29.1 Å². The number of nitrogens with one attached hydrogen (secondary N) is 2. The second-order valence-electron chi connectivity index (χ2n) is 5.15. The molecule has 2 N–H and O–H groups in total. The molecular weight excluding hydrogens is 314 g/mol. The third-order valence-electron chi connectivity index (χ3n) is 3.18. The van der Waals surface area contributed by atoms with Crippen molar-refractivity contribution in [2.24, 2.45) is 0 Å². The molecule has 122 valence electrons. The monoisotopic (exact) mass is 333 g/mol. The minimum Gasteiger partial charge on any atom is -0.496 e. The summed E-state index contributed by atoms with van der Waals surface area (Å²) in [4.78, 5) is 27.4. The topological polar surface area (TPSA) is 80.3 Å². The average molecular weight is 333 g/mol. The molecule has 23 heavy (non-hydrogen) atoms. The number of benzene rings is 1. The van der Waals surface area contributed by atoms with Crippen molar-refractivity contribution >= 4 is 28.3 Å². The van der Waals surface area contributed by atoms with Crippen LogP contribution in [0, 0.1) is 6.92 Å². The summed E-state index contributed by atoms with van der Waals surface area (Å²) in [5.41, 5.74) is 2.70. The van der Waals surface area contributed by atoms with Crippen molar-refractivity contribution in [2.45, 2.75) is 26.8 Å². The highest BCUT2D eigenvalue weighted by Crippen LogP contribution is 2.32. The Morgan fingerprint density at radius 3 is 2.74 bits per heavy atom. The molecular formula is C16H19N3O3S. The Morgan fingerprint density at radius 2 is 2.09 bits per heavy atom. The zero-order chi connectivity index (χ0) is 17.0. The van der Waals surface area contributed by atoms with Crippen molar-refractivity contribution in [1.82, 2.24) is 10.3 Å². The van der Waals surface area contributed by atoms with Crippen LogP contribution in [0.4, 0.5) is 5.13 Å². The minimum atomic E-state index is -0.617. The molecule has 0 spiro atoms. The molecule has 0 radical (unpaired) electrons. The lowest BCUT2D eigenvalue weighted by molar-refractivity contribution is -0.124. The van der Waals surface area contributed by atoms with Crippen molar-refractivity contribution in [1.29, 1.82) is 0 Å². The largest absolute Gasteiger partial charge is 0.496 e. The first-order valence-electron chi connectivity index (χ1n) is 7.09. The number of aromatic nitrogens is 1. The van der Waals surface area contributed by atoms with Crippen LogP contribution in [0.2, 0.25) is 0 Å². The Morgan fingerprint density at radius 1 is 1.35 bits per heavy atom. The maximum Gasteiger partial charge on any atom is 0.248 e. The number of hydrogen-bond donors (Lipinski definition) is 2. The normalized spacial score (nSPS) is 11.7. The fourth-order valence-electron chi connectivity index (χ4n) is 2.06. The first-order chi connectivity index (χ1) is 10.9. The average Bonchev–Trinajstić information content (AvgIpc) is 2.94. The van der Waals surface area contributed by atoms with E-state index in [-0.39, 0.29) is 11.8 Å². The molecule has 2 amide bonds. The zero-order valence-corrected chi connectivity index (χ0v) is 14.3. The van der Waals surface area contributed by atoms with Crippen LogP contribution in [0.3, 0.4) is 0 Å². The molecule has 0 saturated heterocycles. The molecule has 0 fully saturated rings. The van der Waals surface area contributed by atoms with Crippen LogP contribution in [-0.4, -0.2) is 29.9 Å². The molecule has 1 aromatic carbocycles. The van der Waals surface area contributed by atoms with E-state index >= 15 is 0 Å².